The normalized spacial score (nSPS) is 13.1. The van der Waals surface area contributed by atoms with Crippen molar-refractivity contribution in [3.8, 4) is 5.75 Å². The summed E-state index contributed by atoms with van der Waals surface area (Å²) in [4.78, 5) is 12.2. The molecular weight excluding hydrogens is 362 g/mol. The summed E-state index contributed by atoms with van der Waals surface area (Å²) in [7, 11) is 1.61. The molecule has 3 rings (SSSR count). The molecule has 5 heteroatoms. The van der Waals surface area contributed by atoms with Gasteiger partial charge in [0.2, 0.25) is 0 Å². The van der Waals surface area contributed by atoms with Crippen molar-refractivity contribution in [1.82, 2.24) is 5.32 Å². The molecule has 0 saturated heterocycles. The van der Waals surface area contributed by atoms with E-state index >= 15 is 0 Å². The molecule has 0 aliphatic heterocycles. The van der Waals surface area contributed by atoms with E-state index in [4.69, 9.17) is 21.1 Å². The third kappa shape index (κ3) is 4.79. The highest BCUT2D eigenvalue weighted by atomic mass is 35.5. The van der Waals surface area contributed by atoms with Gasteiger partial charge in [0.05, 0.1) is 6.54 Å². The standard InChI is InChI=1S/C22H22ClNO3/c1-22(26-2,18-8-5-9-19(23)13-18)15-24-21(25)14-27-20-11-10-16-6-3-4-7-17(16)12-20/h3-13H,14-15H2,1-2H3,(H,24,25). The van der Waals surface area contributed by atoms with Crippen molar-refractivity contribution in [2.24, 2.45) is 0 Å². The fraction of sp³-hybridized carbons (Fsp3) is 0.227. The molecule has 0 aliphatic rings. The first-order valence-corrected chi connectivity index (χ1v) is 9.07. The lowest BCUT2D eigenvalue weighted by Gasteiger charge is -2.29. The smallest absolute Gasteiger partial charge is 0.258 e. The number of nitrogens with one attached hydrogen (secondary N) is 1. The van der Waals surface area contributed by atoms with E-state index in [0.29, 0.717) is 17.3 Å². The number of hydrogen-bond acceptors (Lipinski definition) is 3. The number of fused-ring (bicyclic) bond motifs is 1. The molecule has 4 nitrogen and oxygen atoms in total. The topological polar surface area (TPSA) is 47.6 Å². The number of rotatable bonds is 7. The Balaban J connectivity index is 1.58. The molecule has 1 unspecified atom stereocenters. The van der Waals surface area contributed by atoms with E-state index < -0.39 is 5.60 Å². The Morgan fingerprint density at radius 1 is 1.04 bits per heavy atom. The van der Waals surface area contributed by atoms with E-state index in [1.165, 1.54) is 0 Å². The molecule has 0 fully saturated rings. The first-order chi connectivity index (χ1) is 13.0. The number of halogens is 1. The van der Waals surface area contributed by atoms with Gasteiger partial charge >= 0.3 is 0 Å². The van der Waals surface area contributed by atoms with Gasteiger partial charge in [0.25, 0.3) is 5.91 Å². The first kappa shape index (κ1) is 19.2. The second-order valence-corrected chi connectivity index (χ2v) is 6.96. The largest absolute Gasteiger partial charge is 0.484 e. The first-order valence-electron chi connectivity index (χ1n) is 8.70. The van der Waals surface area contributed by atoms with Crippen LogP contribution in [0.4, 0.5) is 0 Å². The van der Waals surface area contributed by atoms with E-state index in [1.54, 1.807) is 13.2 Å². The van der Waals surface area contributed by atoms with Crippen LogP contribution >= 0.6 is 11.6 Å². The SMILES string of the molecule is COC(C)(CNC(=O)COc1ccc2ccccc2c1)c1cccc(Cl)c1. The Labute approximate surface area is 164 Å². The lowest BCUT2D eigenvalue weighted by atomic mass is 9.95. The number of amides is 1. The van der Waals surface area contributed by atoms with E-state index in [1.807, 2.05) is 67.6 Å². The zero-order chi connectivity index (χ0) is 19.3. The van der Waals surface area contributed by atoms with Gasteiger partial charge < -0.3 is 14.8 Å². The van der Waals surface area contributed by atoms with Crippen LogP contribution in [0.3, 0.4) is 0 Å². The number of carbonyl (C=O) groups is 1. The third-order valence-electron chi connectivity index (χ3n) is 4.60. The van der Waals surface area contributed by atoms with Gasteiger partial charge in [-0.1, -0.05) is 54.1 Å². The van der Waals surface area contributed by atoms with Crippen LogP contribution in [-0.2, 0) is 15.1 Å². The number of carbonyl (C=O) groups excluding carboxylic acids is 1. The van der Waals surface area contributed by atoms with Gasteiger partial charge in [-0.15, -0.1) is 0 Å². The summed E-state index contributed by atoms with van der Waals surface area (Å²) in [6.45, 7) is 2.15. The second-order valence-electron chi connectivity index (χ2n) is 6.52. The summed E-state index contributed by atoms with van der Waals surface area (Å²) < 4.78 is 11.3. The molecule has 0 aliphatic carbocycles. The van der Waals surface area contributed by atoms with Crippen molar-refractivity contribution in [2.45, 2.75) is 12.5 Å². The molecule has 0 spiro atoms. The van der Waals surface area contributed by atoms with Crippen molar-refractivity contribution < 1.29 is 14.3 Å². The van der Waals surface area contributed by atoms with Gasteiger partial charge in [-0.05, 0) is 47.5 Å². The molecule has 1 atom stereocenters. The minimum absolute atomic E-state index is 0.0618. The molecule has 140 valence electrons. The molecule has 0 heterocycles. The van der Waals surface area contributed by atoms with Crippen molar-refractivity contribution in [3.05, 3.63) is 77.3 Å². The fourth-order valence-corrected chi connectivity index (χ4v) is 3.02. The molecule has 0 aromatic heterocycles. The van der Waals surface area contributed by atoms with Crippen molar-refractivity contribution in [2.75, 3.05) is 20.3 Å². The molecule has 3 aromatic rings. The van der Waals surface area contributed by atoms with Crippen LogP contribution in [0.15, 0.2) is 66.7 Å². The zero-order valence-corrected chi connectivity index (χ0v) is 16.1. The summed E-state index contributed by atoms with van der Waals surface area (Å²) in [5, 5.41) is 5.70. The van der Waals surface area contributed by atoms with Crippen LogP contribution in [0.2, 0.25) is 5.02 Å². The van der Waals surface area contributed by atoms with Crippen LogP contribution in [0, 0.1) is 0 Å². The lowest BCUT2D eigenvalue weighted by molar-refractivity contribution is -0.124. The summed E-state index contributed by atoms with van der Waals surface area (Å²) in [5.41, 5.74) is 0.219. The molecule has 1 N–H and O–H groups in total. The summed E-state index contributed by atoms with van der Waals surface area (Å²) in [5.74, 6) is 0.446. The third-order valence-corrected chi connectivity index (χ3v) is 4.83. The van der Waals surface area contributed by atoms with Gasteiger partial charge in [0.15, 0.2) is 6.61 Å². The number of hydrogen-bond donors (Lipinski definition) is 1. The number of benzene rings is 3. The van der Waals surface area contributed by atoms with Gasteiger partial charge in [0, 0.05) is 12.1 Å². The number of methoxy groups -OCH3 is 1. The second kappa shape index (κ2) is 8.42. The van der Waals surface area contributed by atoms with Crippen molar-refractivity contribution >= 4 is 28.3 Å². The zero-order valence-electron chi connectivity index (χ0n) is 15.4. The minimum atomic E-state index is -0.677. The van der Waals surface area contributed by atoms with Gasteiger partial charge in [-0.25, -0.2) is 0 Å². The minimum Gasteiger partial charge on any atom is -0.484 e. The molecule has 1 amide bonds. The highest BCUT2D eigenvalue weighted by molar-refractivity contribution is 6.30. The molecule has 3 aromatic carbocycles. The van der Waals surface area contributed by atoms with Crippen molar-refractivity contribution in [1.29, 1.82) is 0 Å². The van der Waals surface area contributed by atoms with Crippen LogP contribution in [0.5, 0.6) is 5.75 Å². The maximum Gasteiger partial charge on any atom is 0.258 e. The molecule has 0 saturated carbocycles. The predicted molar refractivity (Wildman–Crippen MR) is 108 cm³/mol. The van der Waals surface area contributed by atoms with E-state index in [-0.39, 0.29) is 12.5 Å². The van der Waals surface area contributed by atoms with Crippen LogP contribution in [0.1, 0.15) is 12.5 Å². The van der Waals surface area contributed by atoms with Gasteiger partial charge in [-0.3, -0.25) is 4.79 Å². The van der Waals surface area contributed by atoms with Crippen molar-refractivity contribution in [3.63, 3.8) is 0 Å². The van der Waals surface area contributed by atoms with Crippen LogP contribution in [0.25, 0.3) is 10.8 Å². The summed E-state index contributed by atoms with van der Waals surface area (Å²) >= 11 is 6.07. The fourth-order valence-electron chi connectivity index (χ4n) is 2.83. The van der Waals surface area contributed by atoms with E-state index in [2.05, 4.69) is 5.32 Å². The summed E-state index contributed by atoms with van der Waals surface area (Å²) in [6, 6.07) is 21.2. The van der Waals surface area contributed by atoms with Crippen LogP contribution in [-0.4, -0.2) is 26.2 Å². The highest BCUT2D eigenvalue weighted by Crippen LogP contribution is 2.26. The maximum atomic E-state index is 12.2. The van der Waals surface area contributed by atoms with E-state index in [0.717, 1.165) is 16.3 Å². The molecule has 0 radical (unpaired) electrons. The summed E-state index contributed by atoms with van der Waals surface area (Å²) in [6.07, 6.45) is 0. The van der Waals surface area contributed by atoms with Gasteiger partial charge in [-0.2, -0.15) is 0 Å². The Kier molecular flexibility index (Phi) is 5.99. The monoisotopic (exact) mass is 383 g/mol. The van der Waals surface area contributed by atoms with Crippen LogP contribution < -0.4 is 10.1 Å². The average molecular weight is 384 g/mol. The Morgan fingerprint density at radius 2 is 1.81 bits per heavy atom. The molecule has 27 heavy (non-hydrogen) atoms. The quantitative estimate of drug-likeness (QED) is 0.651. The van der Waals surface area contributed by atoms with Gasteiger partial charge in [0.1, 0.15) is 11.4 Å². The lowest BCUT2D eigenvalue weighted by Crippen LogP contribution is -2.41. The Hall–Kier alpha value is -2.56. The number of ether oxygens (including phenoxy) is 2. The molecular formula is C22H22ClNO3. The highest BCUT2D eigenvalue weighted by Gasteiger charge is 2.27. The predicted octanol–water partition coefficient (Wildman–Crippen LogP) is 4.55. The van der Waals surface area contributed by atoms with E-state index in [9.17, 15) is 4.79 Å². The maximum absolute atomic E-state index is 12.2. The Morgan fingerprint density at radius 3 is 2.56 bits per heavy atom. The Bertz CT molecular complexity index is 943. The average Bonchev–Trinajstić information content (AvgIpc) is 2.70. The molecule has 0 bridgehead atoms.